The second kappa shape index (κ2) is 7.38. The minimum absolute atomic E-state index is 0.0195. The average molecular weight is 338 g/mol. The second-order valence-corrected chi connectivity index (χ2v) is 6.34. The smallest absolute Gasteiger partial charge is 0.229 e. The number of carbonyl (C=O) groups excluding carboxylic acids is 2. The number of anilines is 1. The van der Waals surface area contributed by atoms with Gasteiger partial charge in [-0.1, -0.05) is 29.8 Å². The highest BCUT2D eigenvalue weighted by Gasteiger charge is 2.31. The summed E-state index contributed by atoms with van der Waals surface area (Å²) in [5.74, 6) is 0.712. The predicted octanol–water partition coefficient (Wildman–Crippen LogP) is 2.47. The van der Waals surface area contributed by atoms with Gasteiger partial charge in [-0.2, -0.15) is 0 Å². The van der Waals surface area contributed by atoms with Gasteiger partial charge in [0.1, 0.15) is 5.75 Å². The SMILES string of the molecule is COc1ccc(N2C[C@H](NC(=O)Cc3cccc(C)c3)CC2=O)cc1. The number of benzene rings is 2. The molecular formula is C20H22N2O3. The molecule has 0 unspecified atom stereocenters. The summed E-state index contributed by atoms with van der Waals surface area (Å²) < 4.78 is 5.14. The van der Waals surface area contributed by atoms with Gasteiger partial charge >= 0.3 is 0 Å². The zero-order chi connectivity index (χ0) is 17.8. The Kier molecular flexibility index (Phi) is 5.03. The van der Waals surface area contributed by atoms with Crippen molar-refractivity contribution in [2.24, 2.45) is 0 Å². The largest absolute Gasteiger partial charge is 0.497 e. The summed E-state index contributed by atoms with van der Waals surface area (Å²) in [7, 11) is 1.61. The van der Waals surface area contributed by atoms with E-state index in [9.17, 15) is 9.59 Å². The summed E-state index contributed by atoms with van der Waals surface area (Å²) >= 11 is 0. The summed E-state index contributed by atoms with van der Waals surface area (Å²) in [5, 5.41) is 2.97. The molecule has 1 atom stereocenters. The molecule has 5 heteroatoms. The maximum Gasteiger partial charge on any atom is 0.229 e. The van der Waals surface area contributed by atoms with Crippen LogP contribution >= 0.6 is 0 Å². The van der Waals surface area contributed by atoms with E-state index in [1.807, 2.05) is 55.5 Å². The number of methoxy groups -OCH3 is 1. The van der Waals surface area contributed by atoms with E-state index in [2.05, 4.69) is 5.32 Å². The lowest BCUT2D eigenvalue weighted by Gasteiger charge is -2.17. The molecule has 0 aliphatic carbocycles. The van der Waals surface area contributed by atoms with Gasteiger partial charge in [0, 0.05) is 18.7 Å². The van der Waals surface area contributed by atoms with Gasteiger partial charge in [-0.3, -0.25) is 9.59 Å². The van der Waals surface area contributed by atoms with Crippen molar-refractivity contribution in [3.8, 4) is 5.75 Å². The first kappa shape index (κ1) is 17.0. The molecule has 1 saturated heterocycles. The molecular weight excluding hydrogens is 316 g/mol. The summed E-state index contributed by atoms with van der Waals surface area (Å²) in [6.07, 6.45) is 0.653. The number of aryl methyl sites for hydroxylation is 1. The fraction of sp³-hybridized carbons (Fsp3) is 0.300. The van der Waals surface area contributed by atoms with Crippen LogP contribution < -0.4 is 15.0 Å². The lowest BCUT2D eigenvalue weighted by molar-refractivity contribution is -0.121. The molecule has 1 aliphatic rings. The summed E-state index contributed by atoms with van der Waals surface area (Å²) in [6.45, 7) is 2.49. The van der Waals surface area contributed by atoms with Gasteiger partial charge < -0.3 is 15.0 Å². The van der Waals surface area contributed by atoms with Crippen molar-refractivity contribution in [2.45, 2.75) is 25.8 Å². The zero-order valence-corrected chi connectivity index (χ0v) is 14.5. The molecule has 1 aliphatic heterocycles. The van der Waals surface area contributed by atoms with Crippen LogP contribution in [-0.2, 0) is 16.0 Å². The van der Waals surface area contributed by atoms with Crippen molar-refractivity contribution in [3.05, 3.63) is 59.7 Å². The van der Waals surface area contributed by atoms with Crippen LogP contribution in [0.4, 0.5) is 5.69 Å². The van der Waals surface area contributed by atoms with Crippen LogP contribution in [0.5, 0.6) is 5.75 Å². The third-order valence-electron chi connectivity index (χ3n) is 4.32. The monoisotopic (exact) mass is 338 g/mol. The van der Waals surface area contributed by atoms with Crippen LogP contribution in [0.2, 0.25) is 0 Å². The van der Waals surface area contributed by atoms with Gasteiger partial charge in [0.25, 0.3) is 0 Å². The van der Waals surface area contributed by atoms with E-state index in [1.54, 1.807) is 12.0 Å². The molecule has 2 aromatic carbocycles. The van der Waals surface area contributed by atoms with Gasteiger partial charge in [-0.15, -0.1) is 0 Å². The van der Waals surface area contributed by atoms with E-state index in [0.29, 0.717) is 19.4 Å². The Balaban J connectivity index is 1.59. The third kappa shape index (κ3) is 4.18. The first-order chi connectivity index (χ1) is 12.0. The quantitative estimate of drug-likeness (QED) is 0.911. The van der Waals surface area contributed by atoms with E-state index in [1.165, 1.54) is 0 Å². The van der Waals surface area contributed by atoms with Gasteiger partial charge in [0.05, 0.1) is 19.6 Å². The number of hydrogen-bond donors (Lipinski definition) is 1. The number of nitrogens with zero attached hydrogens (tertiary/aromatic N) is 1. The van der Waals surface area contributed by atoms with Crippen LogP contribution in [0.1, 0.15) is 17.5 Å². The van der Waals surface area contributed by atoms with Crippen LogP contribution in [0.3, 0.4) is 0 Å². The number of ether oxygens (including phenoxy) is 1. The Morgan fingerprint density at radius 1 is 1.24 bits per heavy atom. The van der Waals surface area contributed by atoms with Crippen molar-refractivity contribution < 1.29 is 14.3 Å². The fourth-order valence-electron chi connectivity index (χ4n) is 3.10. The maximum absolute atomic E-state index is 12.3. The van der Waals surface area contributed by atoms with Crippen molar-refractivity contribution in [1.82, 2.24) is 5.32 Å². The second-order valence-electron chi connectivity index (χ2n) is 6.34. The molecule has 0 radical (unpaired) electrons. The Morgan fingerprint density at radius 3 is 2.68 bits per heavy atom. The van der Waals surface area contributed by atoms with Crippen molar-refractivity contribution >= 4 is 17.5 Å². The van der Waals surface area contributed by atoms with Crippen LogP contribution in [-0.4, -0.2) is 31.5 Å². The van der Waals surface area contributed by atoms with Crippen LogP contribution in [0.15, 0.2) is 48.5 Å². The molecule has 5 nitrogen and oxygen atoms in total. The van der Waals surface area contributed by atoms with E-state index < -0.39 is 0 Å². The Hall–Kier alpha value is -2.82. The highest BCUT2D eigenvalue weighted by molar-refractivity contribution is 5.97. The number of amides is 2. The van der Waals surface area contributed by atoms with E-state index in [-0.39, 0.29) is 17.9 Å². The van der Waals surface area contributed by atoms with Gasteiger partial charge in [-0.25, -0.2) is 0 Å². The molecule has 1 fully saturated rings. The lowest BCUT2D eigenvalue weighted by atomic mass is 10.1. The summed E-state index contributed by atoms with van der Waals surface area (Å²) in [5.41, 5.74) is 2.93. The average Bonchev–Trinajstić information content (AvgIpc) is 2.95. The molecule has 3 rings (SSSR count). The topological polar surface area (TPSA) is 58.6 Å². The highest BCUT2D eigenvalue weighted by Crippen LogP contribution is 2.24. The molecule has 0 saturated carbocycles. The van der Waals surface area contributed by atoms with Gasteiger partial charge in [0.15, 0.2) is 0 Å². The van der Waals surface area contributed by atoms with E-state index in [4.69, 9.17) is 4.74 Å². The van der Waals surface area contributed by atoms with Crippen molar-refractivity contribution in [2.75, 3.05) is 18.6 Å². The Bertz CT molecular complexity index is 771. The van der Waals surface area contributed by atoms with Gasteiger partial charge in [0.2, 0.25) is 11.8 Å². The summed E-state index contributed by atoms with van der Waals surface area (Å²) in [4.78, 5) is 26.2. The predicted molar refractivity (Wildman–Crippen MR) is 96.8 cm³/mol. The molecule has 0 aromatic heterocycles. The molecule has 130 valence electrons. The summed E-state index contributed by atoms with van der Waals surface area (Å²) in [6, 6.07) is 15.1. The lowest BCUT2D eigenvalue weighted by Crippen LogP contribution is -2.38. The third-order valence-corrected chi connectivity index (χ3v) is 4.32. The van der Waals surface area contributed by atoms with Crippen molar-refractivity contribution in [3.63, 3.8) is 0 Å². The highest BCUT2D eigenvalue weighted by atomic mass is 16.5. The van der Waals surface area contributed by atoms with Crippen molar-refractivity contribution in [1.29, 1.82) is 0 Å². The number of rotatable bonds is 5. The standard InChI is InChI=1S/C20H22N2O3/c1-14-4-3-5-15(10-14)11-19(23)21-16-12-20(24)22(13-16)17-6-8-18(25-2)9-7-17/h3-10,16H,11-13H2,1-2H3,(H,21,23)/t16-/m1/s1. The minimum atomic E-state index is -0.160. The number of nitrogens with one attached hydrogen (secondary N) is 1. The minimum Gasteiger partial charge on any atom is -0.497 e. The molecule has 25 heavy (non-hydrogen) atoms. The zero-order valence-electron chi connectivity index (χ0n) is 14.5. The van der Waals surface area contributed by atoms with Crippen LogP contribution in [0, 0.1) is 6.92 Å². The number of carbonyl (C=O) groups is 2. The fourth-order valence-corrected chi connectivity index (χ4v) is 3.10. The van der Waals surface area contributed by atoms with E-state index in [0.717, 1.165) is 22.6 Å². The molecule has 1 heterocycles. The normalized spacial score (nSPS) is 16.8. The molecule has 0 bridgehead atoms. The molecule has 2 amide bonds. The first-order valence-electron chi connectivity index (χ1n) is 8.34. The molecule has 0 spiro atoms. The molecule has 2 aromatic rings. The van der Waals surface area contributed by atoms with Crippen LogP contribution in [0.25, 0.3) is 0 Å². The first-order valence-corrected chi connectivity index (χ1v) is 8.34. The Morgan fingerprint density at radius 2 is 2.00 bits per heavy atom. The number of hydrogen-bond acceptors (Lipinski definition) is 3. The van der Waals surface area contributed by atoms with Gasteiger partial charge in [-0.05, 0) is 36.8 Å². The maximum atomic E-state index is 12.3. The van der Waals surface area contributed by atoms with E-state index >= 15 is 0 Å². The molecule has 1 N–H and O–H groups in total. The Labute approximate surface area is 147 Å².